The first kappa shape index (κ1) is 21.8. The number of thiophene rings is 1. The average Bonchev–Trinajstić information content (AvgIpc) is 2.89. The Kier molecular flexibility index (Phi) is 6.73. The Labute approximate surface area is 167 Å². The lowest BCUT2D eigenvalue weighted by atomic mass is 10.2. The van der Waals surface area contributed by atoms with Gasteiger partial charge in [-0.15, -0.1) is 0 Å². The maximum absolute atomic E-state index is 12.8. The number of fused-ring (bicyclic) bond motifs is 1. The van der Waals surface area contributed by atoms with Gasteiger partial charge in [-0.25, -0.2) is 9.59 Å². The van der Waals surface area contributed by atoms with E-state index in [1.807, 2.05) is 0 Å². The molecule has 0 saturated heterocycles. The van der Waals surface area contributed by atoms with Gasteiger partial charge in [0.05, 0.1) is 19.6 Å². The summed E-state index contributed by atoms with van der Waals surface area (Å²) in [4.78, 5) is 24.1. The molecule has 0 aliphatic heterocycles. The highest BCUT2D eigenvalue weighted by Gasteiger charge is 2.30. The third-order valence-corrected chi connectivity index (χ3v) is 5.28. The van der Waals surface area contributed by atoms with Crippen LogP contribution in [0.1, 0.15) is 37.4 Å². The van der Waals surface area contributed by atoms with Crippen molar-refractivity contribution >= 4 is 38.6 Å². The maximum Gasteiger partial charge on any atom is 0.407 e. The third kappa shape index (κ3) is 5.05. The number of benzene rings is 1. The molecule has 154 valence electrons. The van der Waals surface area contributed by atoms with Crippen LogP contribution in [0.25, 0.3) is 10.1 Å². The third-order valence-electron chi connectivity index (χ3n) is 3.79. The summed E-state index contributed by atoms with van der Waals surface area (Å²) >= 11 is 0. The Morgan fingerprint density at radius 2 is 1.93 bits per heavy atom. The molecule has 9 heteroatoms. The summed E-state index contributed by atoms with van der Waals surface area (Å²) in [5.74, 6) is -0.107. The minimum atomic E-state index is -1.67. The van der Waals surface area contributed by atoms with Crippen LogP contribution in [0.15, 0.2) is 18.2 Å². The monoisotopic (exact) mass is 410 g/mol. The van der Waals surface area contributed by atoms with Crippen LogP contribution < -0.4 is 15.4 Å². The molecule has 1 heterocycles. The summed E-state index contributed by atoms with van der Waals surface area (Å²) in [6.07, 6.45) is -0.541. The van der Waals surface area contributed by atoms with Crippen LogP contribution in [0.5, 0.6) is 5.75 Å². The molecule has 0 aliphatic rings. The molecular formula is C19H26N2O6S. The van der Waals surface area contributed by atoms with E-state index in [0.717, 1.165) is 0 Å². The quantitative estimate of drug-likeness (QED) is 0.552. The molecule has 0 fully saturated rings. The van der Waals surface area contributed by atoms with E-state index in [2.05, 4.69) is 10.6 Å². The number of carbonyl (C=O) groups is 2. The predicted octanol–water partition coefficient (Wildman–Crippen LogP) is 3.69. The van der Waals surface area contributed by atoms with Gasteiger partial charge in [0.25, 0.3) is 4.88 Å². The second-order valence-corrected chi connectivity index (χ2v) is 8.64. The molecule has 2 aromatic rings. The Bertz CT molecular complexity index is 871. The van der Waals surface area contributed by atoms with Crippen LogP contribution in [-0.4, -0.2) is 49.0 Å². The highest BCUT2D eigenvalue weighted by atomic mass is 32.2. The Morgan fingerprint density at radius 3 is 2.50 bits per heavy atom. The molecule has 0 radical (unpaired) electrons. The van der Waals surface area contributed by atoms with E-state index in [0.29, 0.717) is 21.5 Å². The number of hydrogen-bond acceptors (Lipinski definition) is 7. The van der Waals surface area contributed by atoms with Gasteiger partial charge >= 0.3 is 12.1 Å². The van der Waals surface area contributed by atoms with Gasteiger partial charge in [0.15, 0.2) is 4.70 Å². The zero-order valence-electron chi connectivity index (χ0n) is 16.9. The van der Waals surface area contributed by atoms with Crippen LogP contribution in [0.3, 0.4) is 0 Å². The Morgan fingerprint density at radius 1 is 1.25 bits per heavy atom. The predicted molar refractivity (Wildman–Crippen MR) is 108 cm³/mol. The lowest BCUT2D eigenvalue weighted by Crippen LogP contribution is -2.40. The lowest BCUT2D eigenvalue weighted by Gasteiger charge is -2.22. The van der Waals surface area contributed by atoms with Crippen LogP contribution in [0.2, 0.25) is 0 Å². The van der Waals surface area contributed by atoms with Gasteiger partial charge in [0.1, 0.15) is 17.0 Å². The second-order valence-electron chi connectivity index (χ2n) is 7.25. The zero-order valence-corrected chi connectivity index (χ0v) is 17.7. The van der Waals surface area contributed by atoms with Crippen LogP contribution in [-0.2, 0) is 9.47 Å². The van der Waals surface area contributed by atoms with Gasteiger partial charge in [-0.2, -0.15) is 0 Å². The summed E-state index contributed by atoms with van der Waals surface area (Å²) in [5.41, 5.74) is -0.202. The van der Waals surface area contributed by atoms with Crippen molar-refractivity contribution in [3.8, 4) is 5.75 Å². The molecular weight excluding hydrogens is 384 g/mol. The molecule has 1 aromatic carbocycles. The number of nitrogens with one attached hydrogen (secondary N) is 2. The molecule has 8 nitrogen and oxygen atoms in total. The van der Waals surface area contributed by atoms with Crippen LogP contribution in [0.4, 0.5) is 10.5 Å². The van der Waals surface area contributed by atoms with Gasteiger partial charge in [-0.1, -0.05) is 0 Å². The summed E-state index contributed by atoms with van der Waals surface area (Å²) in [6.45, 7) is 7.40. The fourth-order valence-electron chi connectivity index (χ4n) is 2.58. The fraction of sp³-hybridized carbons (Fsp3) is 0.474. The smallest absolute Gasteiger partial charge is 0.407 e. The first-order chi connectivity index (χ1) is 13.1. The largest absolute Gasteiger partial charge is 0.590 e. The number of esters is 1. The van der Waals surface area contributed by atoms with Crippen LogP contribution >= 0.6 is 10.8 Å². The van der Waals surface area contributed by atoms with E-state index in [-0.39, 0.29) is 17.5 Å². The van der Waals surface area contributed by atoms with Crippen molar-refractivity contribution in [3.63, 3.8) is 0 Å². The first-order valence-electron chi connectivity index (χ1n) is 8.73. The van der Waals surface area contributed by atoms with Crippen molar-refractivity contribution in [2.24, 2.45) is 0 Å². The molecule has 1 unspecified atom stereocenters. The minimum Gasteiger partial charge on any atom is -0.590 e. The average molecular weight is 410 g/mol. The number of amides is 1. The topological polar surface area (TPSA) is 109 Å². The van der Waals surface area contributed by atoms with Crippen LogP contribution in [0, 0.1) is 0 Å². The molecule has 1 aromatic heterocycles. The molecule has 0 saturated carbocycles. The second kappa shape index (κ2) is 8.66. The minimum absolute atomic E-state index is 0.0372. The zero-order chi connectivity index (χ0) is 21.1. The molecule has 0 bridgehead atoms. The molecule has 0 aliphatic carbocycles. The molecule has 2 rings (SSSR count). The van der Waals surface area contributed by atoms with Gasteiger partial charge in [-0.05, 0) is 50.6 Å². The van der Waals surface area contributed by atoms with Gasteiger partial charge < -0.3 is 29.4 Å². The number of hydrogen-bond donors (Lipinski definition) is 2. The fourth-order valence-corrected chi connectivity index (χ4v) is 3.95. The molecule has 1 amide bonds. The molecule has 2 N–H and O–H groups in total. The highest BCUT2D eigenvalue weighted by Crippen LogP contribution is 2.43. The van der Waals surface area contributed by atoms with Crippen molar-refractivity contribution in [2.75, 3.05) is 26.1 Å². The van der Waals surface area contributed by atoms with E-state index < -0.39 is 28.4 Å². The van der Waals surface area contributed by atoms with Crippen molar-refractivity contribution in [2.45, 2.75) is 39.3 Å². The number of carbonyl (C=O) groups excluding carboxylic acids is 2. The normalized spacial score (nSPS) is 13.0. The van der Waals surface area contributed by atoms with Crippen molar-refractivity contribution < 1.29 is 28.4 Å². The summed E-state index contributed by atoms with van der Waals surface area (Å²) in [7, 11) is 1.09. The highest BCUT2D eigenvalue weighted by molar-refractivity contribution is 7.33. The number of methoxy groups -OCH3 is 2. The van der Waals surface area contributed by atoms with E-state index in [1.54, 1.807) is 45.9 Å². The van der Waals surface area contributed by atoms with Gasteiger partial charge in [0, 0.05) is 18.7 Å². The van der Waals surface area contributed by atoms with Crippen molar-refractivity contribution in [1.82, 2.24) is 5.32 Å². The van der Waals surface area contributed by atoms with E-state index >= 15 is 0 Å². The van der Waals surface area contributed by atoms with E-state index in [4.69, 9.17) is 14.2 Å². The molecule has 0 spiro atoms. The molecule has 28 heavy (non-hydrogen) atoms. The number of alkyl carbamates (subject to hydrolysis) is 1. The lowest BCUT2D eigenvalue weighted by molar-refractivity contribution is 0.0509. The number of anilines is 1. The summed E-state index contributed by atoms with van der Waals surface area (Å²) in [5, 5.41) is 6.43. The molecule has 2 atom stereocenters. The first-order valence-corrected chi connectivity index (χ1v) is 9.88. The Hall–Kier alpha value is -2.52. The van der Waals surface area contributed by atoms with Gasteiger partial charge in [-0.3, -0.25) is 0 Å². The maximum atomic E-state index is 12.8. The van der Waals surface area contributed by atoms with E-state index in [1.165, 1.54) is 14.2 Å². The van der Waals surface area contributed by atoms with E-state index in [9.17, 15) is 14.1 Å². The summed E-state index contributed by atoms with van der Waals surface area (Å²) in [6, 6.07) is 4.73. The Balaban J connectivity index is 2.27. The SMILES string of the molecule is COC(=O)c1c(NC[C@H](C)NC(=O)OC(C)(C)C)c2cc(OC)ccc2[s+]1[O-]. The van der Waals surface area contributed by atoms with Crippen molar-refractivity contribution in [1.29, 1.82) is 0 Å². The summed E-state index contributed by atoms with van der Waals surface area (Å²) < 4.78 is 28.5. The van der Waals surface area contributed by atoms with Crippen molar-refractivity contribution in [3.05, 3.63) is 23.1 Å². The standard InChI is InChI=1S/C19H26N2O6S/c1-11(21-18(23)27-19(2,3)4)10-20-15-13-9-12(25-5)7-8-14(13)28(24)16(15)17(22)26-6/h7-9,11,20H,10H2,1-6H3,(H,21,23)/t11-,28?/m0/s1. The number of rotatable bonds is 6. The number of ether oxygens (including phenoxy) is 3. The van der Waals surface area contributed by atoms with Gasteiger partial charge in [0.2, 0.25) is 0 Å².